The molecule has 0 saturated carbocycles. The molecule has 0 N–H and O–H groups in total. The molecule has 0 aliphatic carbocycles. The minimum absolute atomic E-state index is 0.624. The van der Waals surface area contributed by atoms with Gasteiger partial charge in [-0.25, -0.2) is 15.0 Å². The van der Waals surface area contributed by atoms with E-state index in [9.17, 15) is 0 Å². The number of para-hydroxylation sites is 2. The van der Waals surface area contributed by atoms with Crippen LogP contribution in [0.25, 0.3) is 136 Å². The van der Waals surface area contributed by atoms with Gasteiger partial charge in [-0.05, 0) is 91.3 Å². The van der Waals surface area contributed by atoms with Gasteiger partial charge in [0.25, 0.3) is 0 Å². The Kier molecular flexibility index (Phi) is 8.12. The van der Waals surface area contributed by atoms with E-state index in [0.717, 1.165) is 66.1 Å². The molecule has 0 spiro atoms. The lowest BCUT2D eigenvalue weighted by atomic mass is 9.89. The number of hydrogen-bond donors (Lipinski definition) is 0. The second-order valence-corrected chi connectivity index (χ2v) is 18.2. The Morgan fingerprint density at radius 1 is 0.318 bits per heavy atom. The van der Waals surface area contributed by atoms with E-state index in [1.165, 1.54) is 52.5 Å². The summed E-state index contributed by atoms with van der Waals surface area (Å²) in [5.41, 5.74) is 8.53. The minimum atomic E-state index is 0.624. The lowest BCUT2D eigenvalue weighted by molar-refractivity contribution is 1.08. The molecule has 306 valence electrons. The lowest BCUT2D eigenvalue weighted by Gasteiger charge is -2.16. The highest BCUT2D eigenvalue weighted by Crippen LogP contribution is 2.49. The first kappa shape index (κ1) is 36.9. The summed E-state index contributed by atoms with van der Waals surface area (Å²) in [5, 5.41) is 14.2. The molecule has 66 heavy (non-hydrogen) atoms. The zero-order valence-electron chi connectivity index (χ0n) is 35.5. The van der Waals surface area contributed by atoms with Crippen LogP contribution in [0.4, 0.5) is 0 Å². The Morgan fingerprint density at radius 2 is 0.879 bits per heavy atom. The monoisotopic (exact) mass is 856 g/mol. The predicted octanol–water partition coefficient (Wildman–Crippen LogP) is 16.6. The van der Waals surface area contributed by atoms with Gasteiger partial charge in [0, 0.05) is 58.7 Å². The normalized spacial score (nSPS) is 11.9. The maximum atomic E-state index is 5.71. The Balaban J connectivity index is 1.14. The van der Waals surface area contributed by atoms with Gasteiger partial charge in [-0.1, -0.05) is 176 Å². The molecule has 0 amide bonds. The molecule has 0 saturated heterocycles. The fourth-order valence-corrected chi connectivity index (χ4v) is 11.7. The molecule has 0 unspecified atom stereocenters. The molecule has 0 atom stereocenters. The Morgan fingerprint density at radius 3 is 1.65 bits per heavy atom. The van der Waals surface area contributed by atoms with E-state index in [0.29, 0.717) is 17.5 Å². The average Bonchev–Trinajstić information content (AvgIpc) is 3.92. The highest BCUT2D eigenvalue weighted by atomic mass is 32.1. The lowest BCUT2D eigenvalue weighted by Crippen LogP contribution is -2.02. The van der Waals surface area contributed by atoms with Gasteiger partial charge in [-0.2, -0.15) is 0 Å². The van der Waals surface area contributed by atoms with Crippen LogP contribution < -0.4 is 0 Å². The first-order chi connectivity index (χ1) is 32.7. The van der Waals surface area contributed by atoms with Gasteiger partial charge in [-0.3, -0.25) is 0 Å². The number of thiophene rings is 1. The Labute approximate surface area is 383 Å². The largest absolute Gasteiger partial charge is 0.309 e. The van der Waals surface area contributed by atoms with Crippen molar-refractivity contribution in [3.05, 3.63) is 218 Å². The maximum absolute atomic E-state index is 5.71. The predicted molar refractivity (Wildman–Crippen MR) is 279 cm³/mol. The molecule has 14 aromatic rings. The molecule has 0 fully saturated rings. The van der Waals surface area contributed by atoms with Crippen molar-refractivity contribution in [1.29, 1.82) is 0 Å². The van der Waals surface area contributed by atoms with Crippen molar-refractivity contribution >= 4 is 96.4 Å². The van der Waals surface area contributed by atoms with Gasteiger partial charge >= 0.3 is 0 Å². The van der Waals surface area contributed by atoms with Gasteiger partial charge in [-0.15, -0.1) is 11.3 Å². The van der Waals surface area contributed by atoms with E-state index < -0.39 is 0 Å². The van der Waals surface area contributed by atoms with Crippen molar-refractivity contribution in [3.8, 4) is 51.0 Å². The van der Waals surface area contributed by atoms with Crippen molar-refractivity contribution in [2.75, 3.05) is 0 Å². The average molecular weight is 857 g/mol. The fraction of sp³-hybridized carbons (Fsp3) is 0. The summed E-state index contributed by atoms with van der Waals surface area (Å²) in [6.45, 7) is 0. The molecule has 3 heterocycles. The third-order valence-corrected chi connectivity index (χ3v) is 14.5. The summed E-state index contributed by atoms with van der Waals surface area (Å²) < 4.78 is 4.79. The van der Waals surface area contributed by atoms with E-state index in [-0.39, 0.29) is 0 Å². The van der Waals surface area contributed by atoms with E-state index in [2.05, 4.69) is 223 Å². The van der Waals surface area contributed by atoms with Crippen molar-refractivity contribution in [2.24, 2.45) is 0 Å². The molecule has 11 aromatic carbocycles. The van der Waals surface area contributed by atoms with Gasteiger partial charge in [0.1, 0.15) is 0 Å². The highest BCUT2D eigenvalue weighted by Gasteiger charge is 2.25. The van der Waals surface area contributed by atoms with Crippen LogP contribution in [0.5, 0.6) is 0 Å². The number of hydrogen-bond acceptors (Lipinski definition) is 4. The Hall–Kier alpha value is -8.51. The quantitative estimate of drug-likeness (QED) is 0.162. The number of rotatable bonds is 5. The summed E-state index contributed by atoms with van der Waals surface area (Å²) in [7, 11) is 0. The van der Waals surface area contributed by atoms with Crippen LogP contribution in [0.1, 0.15) is 0 Å². The van der Waals surface area contributed by atoms with Crippen molar-refractivity contribution in [3.63, 3.8) is 0 Å². The number of aromatic nitrogens is 4. The molecule has 3 aromatic heterocycles. The molecule has 4 nitrogen and oxygen atoms in total. The number of fused-ring (bicyclic) bond motifs is 13. The third kappa shape index (κ3) is 5.60. The van der Waals surface area contributed by atoms with Crippen molar-refractivity contribution in [1.82, 2.24) is 19.5 Å². The van der Waals surface area contributed by atoms with Crippen molar-refractivity contribution in [2.45, 2.75) is 0 Å². The zero-order chi connectivity index (χ0) is 43.3. The maximum Gasteiger partial charge on any atom is 0.165 e. The highest BCUT2D eigenvalue weighted by molar-refractivity contribution is 7.26. The van der Waals surface area contributed by atoms with Crippen LogP contribution in [-0.4, -0.2) is 19.5 Å². The first-order valence-corrected chi connectivity index (χ1v) is 23.2. The number of benzene rings is 11. The van der Waals surface area contributed by atoms with Crippen LogP contribution in [-0.2, 0) is 0 Å². The second-order valence-electron chi connectivity index (χ2n) is 17.1. The van der Waals surface area contributed by atoms with Crippen LogP contribution in [0.2, 0.25) is 0 Å². The van der Waals surface area contributed by atoms with E-state index >= 15 is 0 Å². The second kappa shape index (κ2) is 14.5. The van der Waals surface area contributed by atoms with E-state index in [1.807, 2.05) is 11.3 Å². The van der Waals surface area contributed by atoms with E-state index in [4.69, 9.17) is 15.0 Å². The van der Waals surface area contributed by atoms with Gasteiger partial charge in [0.2, 0.25) is 0 Å². The van der Waals surface area contributed by atoms with Crippen LogP contribution in [0.15, 0.2) is 218 Å². The van der Waals surface area contributed by atoms with Gasteiger partial charge in [0.05, 0.1) is 11.0 Å². The molecule has 0 aliphatic rings. The summed E-state index contributed by atoms with van der Waals surface area (Å²) in [5.74, 6) is 1.90. The minimum Gasteiger partial charge on any atom is -0.309 e. The summed E-state index contributed by atoms with van der Waals surface area (Å²) in [4.78, 5) is 16.8. The summed E-state index contributed by atoms with van der Waals surface area (Å²) in [6, 6.07) is 78.5. The molecule has 0 aliphatic heterocycles. The van der Waals surface area contributed by atoms with Crippen LogP contribution in [0, 0.1) is 0 Å². The van der Waals surface area contributed by atoms with Gasteiger partial charge < -0.3 is 4.57 Å². The standard InChI is InChI=1S/C61H36N4S/c1-3-16-37(17-4-1)38-30-32-39(33-31-38)59-62-60(48-27-15-29-52-55(48)47-26-13-14-28-51(47)65(52)42-20-5-2-6-21-42)64-61(63-59)58-56-46-25-12-11-23-44(46)43-22-9-10-24-45(43)49(56)36-54-57(58)50-34-40-18-7-8-19-41(40)35-53(50)66-54/h1-36H. The molecular formula is C61H36N4S. The topological polar surface area (TPSA) is 43.6 Å². The first-order valence-electron chi connectivity index (χ1n) is 22.3. The smallest absolute Gasteiger partial charge is 0.165 e. The molecule has 0 radical (unpaired) electrons. The fourth-order valence-electron chi connectivity index (χ4n) is 10.5. The summed E-state index contributed by atoms with van der Waals surface area (Å²) >= 11 is 1.84. The zero-order valence-corrected chi connectivity index (χ0v) is 36.3. The SMILES string of the molecule is c1ccc(-c2ccc(-c3nc(-c4c5c(cc6c7ccccc7c7ccccc7c46)sc4cc6ccccc6cc45)nc(-c4cccc5c4c4ccccc4n5-c4ccccc4)n3)cc2)cc1. The molecule has 14 rings (SSSR count). The van der Waals surface area contributed by atoms with Crippen LogP contribution >= 0.6 is 11.3 Å². The number of nitrogens with zero attached hydrogens (tertiary/aromatic N) is 4. The van der Waals surface area contributed by atoms with Crippen molar-refractivity contribution < 1.29 is 0 Å². The molecule has 0 bridgehead atoms. The van der Waals surface area contributed by atoms with E-state index in [1.54, 1.807) is 0 Å². The molecular weight excluding hydrogens is 821 g/mol. The Bertz CT molecular complexity index is 4270. The van der Waals surface area contributed by atoms with Gasteiger partial charge in [0.15, 0.2) is 17.5 Å². The third-order valence-electron chi connectivity index (χ3n) is 13.4. The van der Waals surface area contributed by atoms with Crippen LogP contribution in [0.3, 0.4) is 0 Å². The molecule has 5 heteroatoms. The summed E-state index contributed by atoms with van der Waals surface area (Å²) in [6.07, 6.45) is 0.